The van der Waals surface area contributed by atoms with Gasteiger partial charge in [-0.25, -0.2) is 9.18 Å². The number of ether oxygens (including phenoxy) is 3. The zero-order valence-electron chi connectivity index (χ0n) is 20.1. The van der Waals surface area contributed by atoms with Crippen LogP contribution in [0, 0.1) is 12.7 Å². The van der Waals surface area contributed by atoms with Crippen molar-refractivity contribution in [3.05, 3.63) is 71.7 Å². The zero-order valence-corrected chi connectivity index (χ0v) is 20.1. The highest BCUT2D eigenvalue weighted by Crippen LogP contribution is 2.40. The smallest absolute Gasteiger partial charge is 0.340 e. The maximum absolute atomic E-state index is 13.8. The lowest BCUT2D eigenvalue weighted by atomic mass is 9.97. The van der Waals surface area contributed by atoms with E-state index in [4.69, 9.17) is 14.2 Å². The highest BCUT2D eigenvalue weighted by atomic mass is 19.1. The molecule has 1 aliphatic rings. The summed E-state index contributed by atoms with van der Waals surface area (Å²) in [7, 11) is 1.67. The molecular weight excluding hydrogens is 433 g/mol. The van der Waals surface area contributed by atoms with E-state index in [9.17, 15) is 9.18 Å². The van der Waals surface area contributed by atoms with Crippen LogP contribution in [-0.4, -0.2) is 36.6 Å². The molecule has 4 rings (SSSR count). The summed E-state index contributed by atoms with van der Waals surface area (Å²) >= 11 is 0. The summed E-state index contributed by atoms with van der Waals surface area (Å²) in [6.07, 6.45) is 3.62. The highest BCUT2D eigenvalue weighted by molar-refractivity contribution is 6.03. The van der Waals surface area contributed by atoms with E-state index >= 15 is 0 Å². The minimum atomic E-state index is -0.352. The Morgan fingerprint density at radius 3 is 2.50 bits per heavy atom. The largest absolute Gasteiger partial charge is 0.462 e. The summed E-state index contributed by atoms with van der Waals surface area (Å²) in [5.74, 6) is -0.652. The quantitative estimate of drug-likeness (QED) is 0.362. The Bertz CT molecular complexity index is 1110. The molecule has 0 bridgehead atoms. The van der Waals surface area contributed by atoms with Crippen molar-refractivity contribution in [3.63, 3.8) is 0 Å². The monoisotopic (exact) mass is 465 g/mol. The number of carbonyl (C=O) groups is 1. The summed E-state index contributed by atoms with van der Waals surface area (Å²) in [5, 5.41) is 0. The van der Waals surface area contributed by atoms with Gasteiger partial charge in [0, 0.05) is 24.9 Å². The molecule has 1 fully saturated rings. The van der Waals surface area contributed by atoms with Crippen molar-refractivity contribution in [2.75, 3.05) is 13.7 Å². The molecule has 0 spiro atoms. The van der Waals surface area contributed by atoms with E-state index in [-0.39, 0.29) is 30.8 Å². The van der Waals surface area contributed by atoms with Gasteiger partial charge in [0.25, 0.3) is 0 Å². The van der Waals surface area contributed by atoms with Gasteiger partial charge in [-0.05, 0) is 74.9 Å². The van der Waals surface area contributed by atoms with Gasteiger partial charge in [-0.2, -0.15) is 0 Å². The number of hydrogen-bond donors (Lipinski definition) is 0. The third kappa shape index (κ3) is 5.08. The summed E-state index contributed by atoms with van der Waals surface area (Å²) in [6.45, 7) is 4.70. The van der Waals surface area contributed by atoms with E-state index in [0.717, 1.165) is 53.8 Å². The van der Waals surface area contributed by atoms with Gasteiger partial charge in [0.2, 0.25) is 0 Å². The van der Waals surface area contributed by atoms with Crippen molar-refractivity contribution in [2.24, 2.45) is 0 Å². The van der Waals surface area contributed by atoms with Gasteiger partial charge in [0.1, 0.15) is 5.82 Å². The maximum Gasteiger partial charge on any atom is 0.340 e. The third-order valence-corrected chi connectivity index (χ3v) is 6.43. The minimum Gasteiger partial charge on any atom is -0.462 e. The number of aromatic nitrogens is 1. The lowest BCUT2D eigenvalue weighted by Gasteiger charge is -2.29. The van der Waals surface area contributed by atoms with Crippen LogP contribution in [0.5, 0.6) is 0 Å². The fraction of sp³-hybridized carbons (Fsp3) is 0.393. The number of nitrogens with zero attached hydrogens (tertiary/aromatic N) is 1. The molecule has 2 unspecified atom stereocenters. The Balaban J connectivity index is 1.83. The van der Waals surface area contributed by atoms with Crippen LogP contribution in [0.25, 0.3) is 22.4 Å². The second-order valence-corrected chi connectivity index (χ2v) is 8.57. The molecule has 2 atom stereocenters. The first-order chi connectivity index (χ1) is 16.5. The van der Waals surface area contributed by atoms with E-state index < -0.39 is 0 Å². The molecule has 180 valence electrons. The molecule has 0 N–H and O–H groups in total. The molecule has 3 aromatic rings. The standard InChI is InChI=1S/C28H32FNO4/c1-4-33-28(31)25-19(2)30(18-17-23-11-8-12-24(32-3)34-23)27(21-13-15-22(29)16-14-21)26(25)20-9-6-5-7-10-20/h5-7,9-10,13-16,23-24H,4,8,11-12,17-18H2,1-3H3. The highest BCUT2D eigenvalue weighted by Gasteiger charge is 2.29. The van der Waals surface area contributed by atoms with Crippen LogP contribution in [0.1, 0.15) is 48.7 Å². The second-order valence-electron chi connectivity index (χ2n) is 8.57. The lowest BCUT2D eigenvalue weighted by molar-refractivity contribution is -0.181. The molecule has 0 radical (unpaired) electrons. The Morgan fingerprint density at radius 1 is 1.09 bits per heavy atom. The summed E-state index contributed by atoms with van der Waals surface area (Å²) in [6, 6.07) is 16.3. The lowest BCUT2D eigenvalue weighted by Crippen LogP contribution is -2.29. The Hall–Kier alpha value is -2.96. The van der Waals surface area contributed by atoms with Crippen LogP contribution in [0.4, 0.5) is 4.39 Å². The van der Waals surface area contributed by atoms with E-state index in [1.54, 1.807) is 26.2 Å². The molecule has 0 amide bonds. The number of esters is 1. The number of benzene rings is 2. The fourth-order valence-corrected chi connectivity index (χ4v) is 4.79. The van der Waals surface area contributed by atoms with E-state index in [2.05, 4.69) is 4.57 Å². The third-order valence-electron chi connectivity index (χ3n) is 6.43. The predicted molar refractivity (Wildman–Crippen MR) is 130 cm³/mol. The molecule has 1 saturated heterocycles. The summed E-state index contributed by atoms with van der Waals surface area (Å²) in [4.78, 5) is 13.2. The average molecular weight is 466 g/mol. The minimum absolute atomic E-state index is 0.0767. The van der Waals surface area contributed by atoms with Gasteiger partial charge in [-0.1, -0.05) is 30.3 Å². The van der Waals surface area contributed by atoms with Gasteiger partial charge in [0.05, 0.1) is 24.0 Å². The second kappa shape index (κ2) is 11.0. The van der Waals surface area contributed by atoms with Crippen molar-refractivity contribution in [3.8, 4) is 22.4 Å². The summed E-state index contributed by atoms with van der Waals surface area (Å²) < 4.78 is 32.9. The molecule has 6 heteroatoms. The SMILES string of the molecule is CCOC(=O)c1c(-c2ccccc2)c(-c2ccc(F)cc2)n(CCC2CCCC(OC)O2)c1C. The molecular formula is C28H32FNO4. The molecule has 2 heterocycles. The first kappa shape index (κ1) is 24.2. The predicted octanol–water partition coefficient (Wildman–Crippen LogP) is 6.38. The van der Waals surface area contributed by atoms with Crippen LogP contribution >= 0.6 is 0 Å². The normalized spacial score (nSPS) is 18.1. The zero-order chi connectivity index (χ0) is 24.1. The fourth-order valence-electron chi connectivity index (χ4n) is 4.79. The van der Waals surface area contributed by atoms with Crippen molar-refractivity contribution < 1.29 is 23.4 Å². The van der Waals surface area contributed by atoms with Crippen LogP contribution in [-0.2, 0) is 20.8 Å². The van der Waals surface area contributed by atoms with Gasteiger partial charge in [0.15, 0.2) is 6.29 Å². The van der Waals surface area contributed by atoms with Crippen LogP contribution in [0.15, 0.2) is 54.6 Å². The van der Waals surface area contributed by atoms with Crippen molar-refractivity contribution >= 4 is 5.97 Å². The van der Waals surface area contributed by atoms with Crippen molar-refractivity contribution in [1.82, 2.24) is 4.57 Å². The molecule has 2 aromatic carbocycles. The topological polar surface area (TPSA) is 49.7 Å². The molecule has 34 heavy (non-hydrogen) atoms. The number of halogens is 1. The number of carbonyl (C=O) groups excluding carboxylic acids is 1. The Kier molecular flexibility index (Phi) is 7.80. The number of methoxy groups -OCH3 is 1. The first-order valence-electron chi connectivity index (χ1n) is 11.9. The number of rotatable bonds is 8. The Morgan fingerprint density at radius 2 is 1.82 bits per heavy atom. The molecule has 1 aromatic heterocycles. The number of hydrogen-bond acceptors (Lipinski definition) is 4. The molecule has 0 saturated carbocycles. The van der Waals surface area contributed by atoms with Crippen LogP contribution in [0.3, 0.4) is 0 Å². The molecule has 0 aliphatic carbocycles. The van der Waals surface area contributed by atoms with Gasteiger partial charge >= 0.3 is 5.97 Å². The average Bonchev–Trinajstić information content (AvgIpc) is 3.16. The van der Waals surface area contributed by atoms with Gasteiger partial charge in [-0.3, -0.25) is 0 Å². The van der Waals surface area contributed by atoms with Crippen LogP contribution in [0.2, 0.25) is 0 Å². The van der Waals surface area contributed by atoms with Crippen LogP contribution < -0.4 is 0 Å². The summed E-state index contributed by atoms with van der Waals surface area (Å²) in [5.41, 5.74) is 4.83. The maximum atomic E-state index is 13.8. The van der Waals surface area contributed by atoms with Gasteiger partial charge < -0.3 is 18.8 Å². The van der Waals surface area contributed by atoms with E-state index in [1.165, 1.54) is 12.1 Å². The Labute approximate surface area is 200 Å². The van der Waals surface area contributed by atoms with Crippen molar-refractivity contribution in [1.29, 1.82) is 0 Å². The van der Waals surface area contributed by atoms with E-state index in [0.29, 0.717) is 12.1 Å². The van der Waals surface area contributed by atoms with Crippen molar-refractivity contribution in [2.45, 2.75) is 58.5 Å². The van der Waals surface area contributed by atoms with E-state index in [1.807, 2.05) is 37.3 Å². The molecule has 5 nitrogen and oxygen atoms in total. The molecule has 1 aliphatic heterocycles. The van der Waals surface area contributed by atoms with Gasteiger partial charge in [-0.15, -0.1) is 0 Å². The first-order valence-corrected chi connectivity index (χ1v) is 11.9.